The maximum atomic E-state index is 11.1. The molecule has 0 aliphatic carbocycles. The van der Waals surface area contributed by atoms with Gasteiger partial charge in [0.05, 0.1) is 6.10 Å². The third-order valence-corrected chi connectivity index (χ3v) is 2.27. The first kappa shape index (κ1) is 11.6. The number of carbonyl (C=O) groups is 1. The minimum absolute atomic E-state index is 0.0260. The number of Topliss-reactive ketones (excluding diaryl/α,β-unsaturated/α-hetero) is 1. The minimum Gasteiger partial charge on any atom is -0.504 e. The molecule has 1 atom stereocenters. The van der Waals surface area contributed by atoms with Crippen molar-refractivity contribution in [2.45, 2.75) is 33.3 Å². The van der Waals surface area contributed by atoms with Crippen LogP contribution >= 0.6 is 0 Å². The highest BCUT2D eigenvalue weighted by Crippen LogP contribution is 2.28. The lowest BCUT2D eigenvalue weighted by molar-refractivity contribution is 0.101. The topological polar surface area (TPSA) is 46.5 Å². The van der Waals surface area contributed by atoms with Gasteiger partial charge < -0.3 is 9.84 Å². The fourth-order valence-electron chi connectivity index (χ4n) is 1.13. The van der Waals surface area contributed by atoms with Crippen LogP contribution in [0.5, 0.6) is 11.5 Å². The van der Waals surface area contributed by atoms with Gasteiger partial charge in [-0.3, -0.25) is 4.79 Å². The zero-order valence-corrected chi connectivity index (χ0v) is 9.28. The monoisotopic (exact) mass is 208 g/mol. The van der Waals surface area contributed by atoms with E-state index in [2.05, 4.69) is 0 Å². The summed E-state index contributed by atoms with van der Waals surface area (Å²) in [5.74, 6) is 0.404. The van der Waals surface area contributed by atoms with Crippen LogP contribution in [0.25, 0.3) is 0 Å². The normalized spacial score (nSPS) is 12.2. The summed E-state index contributed by atoms with van der Waals surface area (Å²) in [5.41, 5.74) is 0.547. The van der Waals surface area contributed by atoms with Crippen LogP contribution in [0.15, 0.2) is 18.2 Å². The van der Waals surface area contributed by atoms with Gasteiger partial charge in [0.15, 0.2) is 17.3 Å². The predicted octanol–water partition coefficient (Wildman–Crippen LogP) is 2.77. The van der Waals surface area contributed by atoms with Crippen molar-refractivity contribution in [1.29, 1.82) is 0 Å². The van der Waals surface area contributed by atoms with Gasteiger partial charge in [-0.25, -0.2) is 0 Å². The van der Waals surface area contributed by atoms with E-state index in [-0.39, 0.29) is 17.6 Å². The third-order valence-electron chi connectivity index (χ3n) is 2.27. The molecule has 15 heavy (non-hydrogen) atoms. The maximum Gasteiger partial charge on any atom is 0.162 e. The molecule has 1 aromatic rings. The lowest BCUT2D eigenvalue weighted by Crippen LogP contribution is -2.10. The highest BCUT2D eigenvalue weighted by atomic mass is 16.5. The molecule has 82 valence electrons. The van der Waals surface area contributed by atoms with Gasteiger partial charge in [-0.15, -0.1) is 0 Å². The maximum absolute atomic E-state index is 11.1. The Morgan fingerprint density at radius 1 is 1.53 bits per heavy atom. The number of ketones is 1. The van der Waals surface area contributed by atoms with Crippen molar-refractivity contribution in [1.82, 2.24) is 0 Å². The van der Waals surface area contributed by atoms with Crippen molar-refractivity contribution in [2.24, 2.45) is 0 Å². The number of phenolic OH excluding ortho intramolecular Hbond substituents is 1. The highest BCUT2D eigenvalue weighted by Gasteiger charge is 2.09. The Kier molecular flexibility index (Phi) is 3.72. The van der Waals surface area contributed by atoms with E-state index in [1.54, 1.807) is 12.1 Å². The summed E-state index contributed by atoms with van der Waals surface area (Å²) in [6, 6.07) is 4.64. The molecule has 0 amide bonds. The number of hydrogen-bond acceptors (Lipinski definition) is 3. The minimum atomic E-state index is -0.0380. The average molecular weight is 208 g/mol. The molecule has 1 unspecified atom stereocenters. The molecule has 1 rings (SSSR count). The smallest absolute Gasteiger partial charge is 0.162 e. The molecule has 0 saturated carbocycles. The summed E-state index contributed by atoms with van der Waals surface area (Å²) in [6.45, 7) is 5.40. The summed E-state index contributed by atoms with van der Waals surface area (Å²) in [7, 11) is 0. The SMILES string of the molecule is CCC(C)Oc1cc(C(C)=O)ccc1O. The quantitative estimate of drug-likeness (QED) is 0.774. The van der Waals surface area contributed by atoms with Crippen LogP contribution in [-0.4, -0.2) is 17.0 Å². The van der Waals surface area contributed by atoms with Crippen LogP contribution < -0.4 is 4.74 Å². The molecular formula is C12H16O3. The Labute approximate surface area is 89.7 Å². The molecule has 0 spiro atoms. The Balaban J connectivity index is 2.95. The molecule has 0 saturated heterocycles. The van der Waals surface area contributed by atoms with Crippen LogP contribution in [0.2, 0.25) is 0 Å². The van der Waals surface area contributed by atoms with Crippen molar-refractivity contribution >= 4 is 5.78 Å². The van der Waals surface area contributed by atoms with Crippen LogP contribution in [0.3, 0.4) is 0 Å². The van der Waals surface area contributed by atoms with Gasteiger partial charge in [-0.2, -0.15) is 0 Å². The molecule has 1 N–H and O–H groups in total. The average Bonchev–Trinajstić information content (AvgIpc) is 2.20. The first-order valence-electron chi connectivity index (χ1n) is 5.05. The number of ether oxygens (including phenoxy) is 1. The van der Waals surface area contributed by atoms with E-state index < -0.39 is 0 Å². The molecule has 0 heterocycles. The Bertz CT molecular complexity index is 358. The predicted molar refractivity (Wildman–Crippen MR) is 58.5 cm³/mol. The molecule has 3 heteroatoms. The number of phenols is 1. The molecule has 0 radical (unpaired) electrons. The summed E-state index contributed by atoms with van der Waals surface area (Å²) in [5, 5.41) is 9.52. The summed E-state index contributed by atoms with van der Waals surface area (Å²) in [6.07, 6.45) is 0.877. The first-order chi connectivity index (χ1) is 7.04. The lowest BCUT2D eigenvalue weighted by atomic mass is 10.1. The number of rotatable bonds is 4. The number of aromatic hydroxyl groups is 1. The van der Waals surface area contributed by atoms with Gasteiger partial charge in [-0.05, 0) is 38.5 Å². The van der Waals surface area contributed by atoms with Crippen molar-refractivity contribution in [3.8, 4) is 11.5 Å². The fourth-order valence-corrected chi connectivity index (χ4v) is 1.13. The van der Waals surface area contributed by atoms with Gasteiger partial charge in [-0.1, -0.05) is 6.92 Å². The molecule has 3 nitrogen and oxygen atoms in total. The number of benzene rings is 1. The first-order valence-corrected chi connectivity index (χ1v) is 5.05. The number of hydrogen-bond donors (Lipinski definition) is 1. The summed E-state index contributed by atoms with van der Waals surface area (Å²) < 4.78 is 5.48. The van der Waals surface area contributed by atoms with Crippen molar-refractivity contribution in [3.05, 3.63) is 23.8 Å². The zero-order valence-electron chi connectivity index (χ0n) is 9.28. The molecule has 0 aliphatic rings. The molecule has 1 aromatic carbocycles. The van der Waals surface area contributed by atoms with Gasteiger partial charge in [0.2, 0.25) is 0 Å². The second kappa shape index (κ2) is 4.82. The van der Waals surface area contributed by atoms with Crippen LogP contribution in [-0.2, 0) is 0 Å². The van der Waals surface area contributed by atoms with Crippen molar-refractivity contribution in [3.63, 3.8) is 0 Å². The molecule has 0 fully saturated rings. The molecule has 0 bridgehead atoms. The van der Waals surface area contributed by atoms with Gasteiger partial charge in [0.1, 0.15) is 0 Å². The second-order valence-corrected chi connectivity index (χ2v) is 3.58. The molecular weight excluding hydrogens is 192 g/mol. The third kappa shape index (κ3) is 2.98. The number of carbonyl (C=O) groups excluding carboxylic acids is 1. The van der Waals surface area contributed by atoms with Gasteiger partial charge in [0, 0.05) is 5.56 Å². The van der Waals surface area contributed by atoms with Crippen molar-refractivity contribution in [2.75, 3.05) is 0 Å². The second-order valence-electron chi connectivity index (χ2n) is 3.58. The van der Waals surface area contributed by atoms with Gasteiger partial charge in [0.25, 0.3) is 0 Å². The van der Waals surface area contributed by atoms with Gasteiger partial charge >= 0.3 is 0 Å². The lowest BCUT2D eigenvalue weighted by Gasteiger charge is -2.14. The van der Waals surface area contributed by atoms with E-state index in [0.717, 1.165) is 6.42 Å². The largest absolute Gasteiger partial charge is 0.504 e. The summed E-state index contributed by atoms with van der Waals surface area (Å²) >= 11 is 0. The van der Waals surface area contributed by atoms with E-state index in [9.17, 15) is 9.90 Å². The van der Waals surface area contributed by atoms with Crippen LogP contribution in [0, 0.1) is 0 Å². The Hall–Kier alpha value is -1.51. The highest BCUT2D eigenvalue weighted by molar-refractivity contribution is 5.94. The fraction of sp³-hybridized carbons (Fsp3) is 0.417. The van der Waals surface area contributed by atoms with E-state index >= 15 is 0 Å². The van der Waals surface area contributed by atoms with Crippen molar-refractivity contribution < 1.29 is 14.6 Å². The molecule has 0 aromatic heterocycles. The molecule has 0 aliphatic heterocycles. The Morgan fingerprint density at radius 2 is 2.20 bits per heavy atom. The standard InChI is InChI=1S/C12H16O3/c1-4-8(2)15-12-7-10(9(3)13)5-6-11(12)14/h5-8,14H,4H2,1-3H3. The van der Waals surface area contributed by atoms with Crippen LogP contribution in [0.4, 0.5) is 0 Å². The van der Waals surface area contributed by atoms with E-state index in [0.29, 0.717) is 11.3 Å². The Morgan fingerprint density at radius 3 is 2.73 bits per heavy atom. The zero-order chi connectivity index (χ0) is 11.4. The van der Waals surface area contributed by atoms with Crippen LogP contribution in [0.1, 0.15) is 37.6 Å². The van der Waals surface area contributed by atoms with E-state index in [4.69, 9.17) is 4.74 Å². The van der Waals surface area contributed by atoms with E-state index in [1.165, 1.54) is 13.0 Å². The van der Waals surface area contributed by atoms with E-state index in [1.807, 2.05) is 13.8 Å². The summed E-state index contributed by atoms with van der Waals surface area (Å²) in [4.78, 5) is 11.1.